The van der Waals surface area contributed by atoms with E-state index in [1.807, 2.05) is 0 Å². The molecule has 104 valence electrons. The molecule has 1 aromatic carbocycles. The maximum absolute atomic E-state index is 11.6. The lowest BCUT2D eigenvalue weighted by molar-refractivity contribution is -0.121. The van der Waals surface area contributed by atoms with E-state index in [9.17, 15) is 9.59 Å². The largest absolute Gasteiger partial charge is 0.356 e. The molecule has 2 amide bonds. The molecule has 0 heterocycles. The van der Waals surface area contributed by atoms with E-state index in [1.165, 1.54) is 0 Å². The van der Waals surface area contributed by atoms with Crippen molar-refractivity contribution in [1.82, 2.24) is 5.32 Å². The summed E-state index contributed by atoms with van der Waals surface area (Å²) in [6.07, 6.45) is 1.26. The van der Waals surface area contributed by atoms with Crippen molar-refractivity contribution in [3.05, 3.63) is 29.3 Å². The fourth-order valence-electron chi connectivity index (χ4n) is 1.45. The molecule has 0 saturated heterocycles. The molecule has 5 nitrogen and oxygen atoms in total. The van der Waals surface area contributed by atoms with E-state index in [0.29, 0.717) is 43.1 Å². The number of carbonyl (C=O) groups excluding carboxylic acids is 2. The van der Waals surface area contributed by atoms with E-state index in [4.69, 9.17) is 17.3 Å². The van der Waals surface area contributed by atoms with Crippen molar-refractivity contribution in [3.63, 3.8) is 0 Å². The Morgan fingerprint density at radius 3 is 2.42 bits per heavy atom. The number of anilines is 1. The van der Waals surface area contributed by atoms with Gasteiger partial charge in [-0.05, 0) is 30.7 Å². The van der Waals surface area contributed by atoms with Crippen LogP contribution in [0.3, 0.4) is 0 Å². The molecule has 0 radical (unpaired) electrons. The lowest BCUT2D eigenvalue weighted by Crippen LogP contribution is -2.27. The van der Waals surface area contributed by atoms with Crippen LogP contribution in [-0.4, -0.2) is 24.9 Å². The van der Waals surface area contributed by atoms with Crippen molar-refractivity contribution in [2.75, 3.05) is 18.4 Å². The van der Waals surface area contributed by atoms with Crippen LogP contribution >= 0.6 is 11.6 Å². The molecule has 0 aromatic heterocycles. The highest BCUT2D eigenvalue weighted by Crippen LogP contribution is 2.13. The molecule has 0 unspecified atom stereocenters. The maximum Gasteiger partial charge on any atom is 0.224 e. The first-order chi connectivity index (χ1) is 9.11. The second-order valence-electron chi connectivity index (χ2n) is 4.05. The van der Waals surface area contributed by atoms with Crippen molar-refractivity contribution >= 4 is 29.1 Å². The van der Waals surface area contributed by atoms with Crippen LogP contribution in [0.5, 0.6) is 0 Å². The van der Waals surface area contributed by atoms with Crippen molar-refractivity contribution < 1.29 is 9.59 Å². The van der Waals surface area contributed by atoms with Gasteiger partial charge in [-0.25, -0.2) is 0 Å². The molecule has 6 heteroatoms. The summed E-state index contributed by atoms with van der Waals surface area (Å²) in [7, 11) is 0. The fourth-order valence-corrected chi connectivity index (χ4v) is 1.58. The molecular weight excluding hydrogens is 266 g/mol. The normalized spacial score (nSPS) is 10.0. The predicted octanol–water partition coefficient (Wildman–Crippen LogP) is 1.52. The lowest BCUT2D eigenvalue weighted by Gasteiger charge is -2.06. The second kappa shape index (κ2) is 8.50. The average Bonchev–Trinajstić information content (AvgIpc) is 2.38. The molecule has 0 aliphatic rings. The van der Waals surface area contributed by atoms with Gasteiger partial charge in [0.25, 0.3) is 0 Å². The minimum Gasteiger partial charge on any atom is -0.356 e. The quantitative estimate of drug-likeness (QED) is 0.664. The zero-order valence-corrected chi connectivity index (χ0v) is 11.4. The van der Waals surface area contributed by atoms with Gasteiger partial charge in [-0.2, -0.15) is 0 Å². The SMILES string of the molecule is NCCC(=O)NCCCC(=O)Nc1ccc(Cl)cc1. The number of halogens is 1. The van der Waals surface area contributed by atoms with Gasteiger partial charge in [-0.15, -0.1) is 0 Å². The van der Waals surface area contributed by atoms with E-state index in [2.05, 4.69) is 10.6 Å². The monoisotopic (exact) mass is 283 g/mol. The van der Waals surface area contributed by atoms with Crippen LogP contribution in [0.1, 0.15) is 19.3 Å². The van der Waals surface area contributed by atoms with E-state index < -0.39 is 0 Å². The number of rotatable bonds is 7. The average molecular weight is 284 g/mol. The van der Waals surface area contributed by atoms with Gasteiger partial charge in [0.1, 0.15) is 0 Å². The number of hydrogen-bond acceptors (Lipinski definition) is 3. The smallest absolute Gasteiger partial charge is 0.224 e. The Kier molecular flexibility index (Phi) is 6.92. The number of hydrogen-bond donors (Lipinski definition) is 3. The molecule has 0 aliphatic carbocycles. The zero-order chi connectivity index (χ0) is 14.1. The molecule has 0 bridgehead atoms. The molecule has 4 N–H and O–H groups in total. The first-order valence-corrected chi connectivity index (χ1v) is 6.52. The molecule has 1 rings (SSSR count). The lowest BCUT2D eigenvalue weighted by atomic mass is 10.2. The molecule has 1 aromatic rings. The molecule has 0 atom stereocenters. The van der Waals surface area contributed by atoms with Gasteiger partial charge in [0.2, 0.25) is 11.8 Å². The maximum atomic E-state index is 11.6. The Labute approximate surface area is 117 Å². The standard InChI is InChI=1S/C13H18ClN3O2/c14-10-3-5-11(6-4-10)17-13(19)2-1-9-16-12(18)7-8-15/h3-6H,1-2,7-9,15H2,(H,16,18)(H,17,19). The Hall–Kier alpha value is -1.59. The van der Waals surface area contributed by atoms with Crippen LogP contribution < -0.4 is 16.4 Å². The third-order valence-corrected chi connectivity index (χ3v) is 2.65. The second-order valence-corrected chi connectivity index (χ2v) is 4.48. The van der Waals surface area contributed by atoms with Crippen molar-refractivity contribution in [2.45, 2.75) is 19.3 Å². The van der Waals surface area contributed by atoms with Gasteiger partial charge in [0, 0.05) is 36.6 Å². The molecule has 0 fully saturated rings. The molecule has 0 aliphatic heterocycles. The van der Waals surface area contributed by atoms with Crippen LogP contribution in [0.15, 0.2) is 24.3 Å². The summed E-state index contributed by atoms with van der Waals surface area (Å²) in [5, 5.41) is 6.07. The number of nitrogens with two attached hydrogens (primary N) is 1. The Morgan fingerprint density at radius 2 is 1.79 bits per heavy atom. The first kappa shape index (κ1) is 15.5. The van der Waals surface area contributed by atoms with Gasteiger partial charge in [0.05, 0.1) is 0 Å². The van der Waals surface area contributed by atoms with E-state index in [1.54, 1.807) is 24.3 Å². The highest BCUT2D eigenvalue weighted by Gasteiger charge is 2.03. The summed E-state index contributed by atoms with van der Waals surface area (Å²) < 4.78 is 0. The Bertz CT molecular complexity index is 420. The number of amides is 2. The summed E-state index contributed by atoms with van der Waals surface area (Å²) in [6, 6.07) is 6.90. The summed E-state index contributed by atoms with van der Waals surface area (Å²) in [5.41, 5.74) is 5.95. The van der Waals surface area contributed by atoms with Crippen LogP contribution in [0.4, 0.5) is 5.69 Å². The highest BCUT2D eigenvalue weighted by molar-refractivity contribution is 6.30. The van der Waals surface area contributed by atoms with Crippen LogP contribution in [0.25, 0.3) is 0 Å². The Balaban J connectivity index is 2.18. The van der Waals surface area contributed by atoms with Crippen LogP contribution in [0.2, 0.25) is 5.02 Å². The number of nitrogens with one attached hydrogen (secondary N) is 2. The fraction of sp³-hybridized carbons (Fsp3) is 0.385. The molecule has 0 spiro atoms. The van der Waals surface area contributed by atoms with Gasteiger partial charge < -0.3 is 16.4 Å². The summed E-state index contributed by atoms with van der Waals surface area (Å²) in [4.78, 5) is 22.7. The van der Waals surface area contributed by atoms with Crippen molar-refractivity contribution in [3.8, 4) is 0 Å². The third kappa shape index (κ3) is 6.79. The minimum atomic E-state index is -0.0876. The molecular formula is C13H18ClN3O2. The van der Waals surface area contributed by atoms with E-state index in [-0.39, 0.29) is 11.8 Å². The van der Waals surface area contributed by atoms with Gasteiger partial charge in [-0.1, -0.05) is 11.6 Å². The van der Waals surface area contributed by atoms with E-state index >= 15 is 0 Å². The van der Waals surface area contributed by atoms with Crippen LogP contribution in [-0.2, 0) is 9.59 Å². The summed E-state index contributed by atoms with van der Waals surface area (Å²) in [6.45, 7) is 0.815. The zero-order valence-electron chi connectivity index (χ0n) is 10.6. The third-order valence-electron chi connectivity index (χ3n) is 2.40. The van der Waals surface area contributed by atoms with Gasteiger partial charge in [0.15, 0.2) is 0 Å². The van der Waals surface area contributed by atoms with Gasteiger partial charge >= 0.3 is 0 Å². The van der Waals surface area contributed by atoms with Crippen molar-refractivity contribution in [2.24, 2.45) is 5.73 Å². The highest BCUT2D eigenvalue weighted by atomic mass is 35.5. The first-order valence-electron chi connectivity index (χ1n) is 6.14. The topological polar surface area (TPSA) is 84.2 Å². The molecule has 19 heavy (non-hydrogen) atoms. The van der Waals surface area contributed by atoms with E-state index in [0.717, 1.165) is 0 Å². The Morgan fingerprint density at radius 1 is 1.11 bits per heavy atom. The van der Waals surface area contributed by atoms with Crippen molar-refractivity contribution in [1.29, 1.82) is 0 Å². The predicted molar refractivity (Wildman–Crippen MR) is 76.0 cm³/mol. The number of benzene rings is 1. The number of carbonyl (C=O) groups is 2. The van der Waals surface area contributed by atoms with Crippen LogP contribution in [0, 0.1) is 0 Å². The molecule has 0 saturated carbocycles. The summed E-state index contributed by atoms with van der Waals surface area (Å²) in [5.74, 6) is -0.170. The minimum absolute atomic E-state index is 0.0828. The van der Waals surface area contributed by atoms with Gasteiger partial charge in [-0.3, -0.25) is 9.59 Å². The summed E-state index contributed by atoms with van der Waals surface area (Å²) >= 11 is 5.74.